The van der Waals surface area contributed by atoms with Crippen LogP contribution in [0.5, 0.6) is 5.75 Å². The fourth-order valence-corrected chi connectivity index (χ4v) is 4.89. The molecule has 8 heteroatoms. The number of thiazole rings is 1. The molecule has 0 aliphatic rings. The molecule has 0 aliphatic carbocycles. The molecule has 0 saturated carbocycles. The summed E-state index contributed by atoms with van der Waals surface area (Å²) >= 11 is 1.03. The molecule has 0 radical (unpaired) electrons. The van der Waals surface area contributed by atoms with Gasteiger partial charge in [-0.25, -0.2) is 4.39 Å². The summed E-state index contributed by atoms with van der Waals surface area (Å²) in [7, 11) is 0. The number of nitrogens with one attached hydrogen (secondary N) is 3. The number of benzene rings is 3. The molecule has 4 aromatic rings. The molecule has 5 N–H and O–H groups in total. The zero-order chi connectivity index (χ0) is 23.9. The normalized spacial score (nSPS) is 12.3. The molecule has 1 atom stereocenters. The number of hydrogen-bond acceptors (Lipinski definition) is 6. The molecule has 3 aromatic carbocycles. The van der Waals surface area contributed by atoms with Gasteiger partial charge in [0.05, 0.1) is 4.70 Å². The highest BCUT2D eigenvalue weighted by Crippen LogP contribution is 2.28. The number of aliphatic hydroxyl groups excluding tert-OH is 1. The predicted molar refractivity (Wildman–Crippen MR) is 134 cm³/mol. The summed E-state index contributed by atoms with van der Waals surface area (Å²) < 4.78 is 14.4. The number of aromatic hydroxyl groups is 1. The molecular formula is C26H28FN3O3S. The second-order valence-electron chi connectivity index (χ2n) is 8.17. The van der Waals surface area contributed by atoms with Crippen LogP contribution in [0, 0.1) is 5.82 Å². The lowest BCUT2D eigenvalue weighted by Gasteiger charge is -2.15. The van der Waals surface area contributed by atoms with Gasteiger partial charge < -0.3 is 20.5 Å². The van der Waals surface area contributed by atoms with Crippen molar-refractivity contribution in [1.29, 1.82) is 0 Å². The summed E-state index contributed by atoms with van der Waals surface area (Å²) in [5, 5.41) is 26.9. The van der Waals surface area contributed by atoms with Crippen molar-refractivity contribution in [3.63, 3.8) is 0 Å². The Kier molecular flexibility index (Phi) is 8.08. The Hall–Kier alpha value is -3.04. The van der Waals surface area contributed by atoms with Crippen LogP contribution >= 0.6 is 11.3 Å². The summed E-state index contributed by atoms with van der Waals surface area (Å²) in [5.74, 6) is -0.147. The van der Waals surface area contributed by atoms with Crippen molar-refractivity contribution in [2.24, 2.45) is 0 Å². The molecule has 0 amide bonds. The Labute approximate surface area is 201 Å². The van der Waals surface area contributed by atoms with Gasteiger partial charge in [0.1, 0.15) is 23.3 Å². The van der Waals surface area contributed by atoms with E-state index in [9.17, 15) is 19.4 Å². The van der Waals surface area contributed by atoms with Gasteiger partial charge in [-0.3, -0.25) is 10.1 Å². The number of hydrogen-bond donors (Lipinski definition) is 5. The van der Waals surface area contributed by atoms with E-state index in [0.29, 0.717) is 48.3 Å². The first kappa shape index (κ1) is 24.1. The van der Waals surface area contributed by atoms with E-state index in [1.165, 1.54) is 23.3 Å². The second kappa shape index (κ2) is 11.4. The van der Waals surface area contributed by atoms with E-state index >= 15 is 0 Å². The Bertz CT molecular complexity index is 1300. The van der Waals surface area contributed by atoms with E-state index in [1.807, 2.05) is 18.2 Å². The van der Waals surface area contributed by atoms with Gasteiger partial charge in [-0.05, 0) is 53.8 Å². The van der Waals surface area contributed by atoms with Crippen molar-refractivity contribution in [3.8, 4) is 5.75 Å². The van der Waals surface area contributed by atoms with Crippen LogP contribution in [-0.4, -0.2) is 34.5 Å². The molecule has 4 rings (SSSR count). The molecule has 0 fully saturated rings. The van der Waals surface area contributed by atoms with E-state index in [4.69, 9.17) is 0 Å². The van der Waals surface area contributed by atoms with Crippen molar-refractivity contribution in [3.05, 3.63) is 98.4 Å². The van der Waals surface area contributed by atoms with Crippen molar-refractivity contribution in [2.75, 3.05) is 13.1 Å². The lowest BCUT2D eigenvalue weighted by molar-refractivity contribution is 0.138. The van der Waals surface area contributed by atoms with Crippen molar-refractivity contribution < 1.29 is 14.6 Å². The number of aliphatic hydroxyl groups is 1. The zero-order valence-electron chi connectivity index (χ0n) is 18.7. The summed E-state index contributed by atoms with van der Waals surface area (Å²) in [6.45, 7) is 1.95. The Morgan fingerprint density at radius 2 is 1.62 bits per heavy atom. The maximum atomic E-state index is 13.8. The van der Waals surface area contributed by atoms with E-state index in [0.717, 1.165) is 23.3 Å². The third-order valence-electron chi connectivity index (χ3n) is 5.79. The van der Waals surface area contributed by atoms with Crippen LogP contribution in [0.3, 0.4) is 0 Å². The number of halogens is 1. The number of rotatable bonds is 11. The Morgan fingerprint density at radius 3 is 2.41 bits per heavy atom. The molecule has 0 spiro atoms. The molecule has 0 bridgehead atoms. The summed E-state index contributed by atoms with van der Waals surface area (Å²) in [4.78, 5) is 14.1. The van der Waals surface area contributed by atoms with Gasteiger partial charge in [-0.15, -0.1) is 0 Å². The van der Waals surface area contributed by atoms with E-state index in [-0.39, 0.29) is 16.4 Å². The number of fused-ring (bicyclic) bond motifs is 1. The van der Waals surface area contributed by atoms with Crippen molar-refractivity contribution in [1.82, 2.24) is 15.6 Å². The van der Waals surface area contributed by atoms with E-state index in [1.54, 1.807) is 18.2 Å². The first-order valence-electron chi connectivity index (χ1n) is 11.3. The van der Waals surface area contributed by atoms with Crippen LogP contribution in [-0.2, 0) is 25.8 Å². The lowest BCUT2D eigenvalue weighted by Crippen LogP contribution is -2.32. The fourth-order valence-electron chi connectivity index (χ4n) is 4.01. The quantitative estimate of drug-likeness (QED) is 0.167. The van der Waals surface area contributed by atoms with Gasteiger partial charge in [0.15, 0.2) is 0 Å². The average molecular weight is 482 g/mol. The van der Waals surface area contributed by atoms with Crippen molar-refractivity contribution in [2.45, 2.75) is 32.0 Å². The van der Waals surface area contributed by atoms with Crippen molar-refractivity contribution >= 4 is 21.6 Å². The van der Waals surface area contributed by atoms with Crippen LogP contribution in [0.25, 0.3) is 10.2 Å². The minimum atomic E-state index is -0.781. The highest BCUT2D eigenvalue weighted by atomic mass is 32.1. The van der Waals surface area contributed by atoms with Crippen LogP contribution in [0.1, 0.15) is 22.3 Å². The fraction of sp³-hybridized carbons (Fsp3) is 0.269. The number of aromatic amines is 1. The molecule has 178 valence electrons. The van der Waals surface area contributed by atoms with Gasteiger partial charge >= 0.3 is 4.87 Å². The lowest BCUT2D eigenvalue weighted by atomic mass is 10.0. The highest BCUT2D eigenvalue weighted by molar-refractivity contribution is 7.16. The number of phenolic OH excluding ortho intramolecular Hbond substituents is 1. The molecule has 0 aliphatic heterocycles. The van der Waals surface area contributed by atoms with Gasteiger partial charge in [-0.2, -0.15) is 0 Å². The minimum absolute atomic E-state index is 0.0265. The minimum Gasteiger partial charge on any atom is -0.506 e. The molecule has 1 aromatic heterocycles. The maximum absolute atomic E-state index is 13.8. The molecule has 1 heterocycles. The van der Waals surface area contributed by atoms with Crippen LogP contribution in [0.15, 0.2) is 65.5 Å². The summed E-state index contributed by atoms with van der Waals surface area (Å²) in [5.41, 5.74) is 4.27. The zero-order valence-corrected chi connectivity index (χ0v) is 19.5. The molecule has 6 nitrogen and oxygen atoms in total. The van der Waals surface area contributed by atoms with Gasteiger partial charge in [0.2, 0.25) is 0 Å². The maximum Gasteiger partial charge on any atom is 0.305 e. The van der Waals surface area contributed by atoms with Gasteiger partial charge in [-0.1, -0.05) is 59.9 Å². The summed E-state index contributed by atoms with van der Waals surface area (Å²) in [6, 6.07) is 18.2. The Morgan fingerprint density at radius 1 is 0.912 bits per heavy atom. The van der Waals surface area contributed by atoms with Gasteiger partial charge in [0, 0.05) is 19.5 Å². The number of H-pyrrole nitrogens is 1. The number of phenols is 1. The topological polar surface area (TPSA) is 97.4 Å². The van der Waals surface area contributed by atoms with Gasteiger partial charge in [0.25, 0.3) is 0 Å². The third-order valence-corrected chi connectivity index (χ3v) is 6.75. The predicted octanol–water partition coefficient (Wildman–Crippen LogP) is 3.46. The average Bonchev–Trinajstić information content (AvgIpc) is 3.23. The van der Waals surface area contributed by atoms with Crippen LogP contribution in [0.4, 0.5) is 4.39 Å². The standard InChI is InChI=1S/C26H28FN3O3S/c27-21-8-4-3-6-18(21)11-13-28-16-20-7-2-1-5-17(20)12-14-29-23(32)15-19-9-10-22(31)24-25(19)34-26(33)30-24/h1-10,23,28-29,31-32H,11-16H2,(H,30,33). The number of aromatic nitrogens is 1. The first-order valence-corrected chi connectivity index (χ1v) is 12.1. The van der Waals surface area contributed by atoms with Crippen LogP contribution < -0.4 is 15.5 Å². The smallest absolute Gasteiger partial charge is 0.305 e. The first-order chi connectivity index (χ1) is 16.5. The largest absolute Gasteiger partial charge is 0.506 e. The van der Waals surface area contributed by atoms with E-state index < -0.39 is 6.23 Å². The highest BCUT2D eigenvalue weighted by Gasteiger charge is 2.13. The SMILES string of the molecule is O=c1[nH]c2c(O)ccc(CC(O)NCCc3ccccc3CNCCc3ccccc3F)c2s1. The summed E-state index contributed by atoms with van der Waals surface area (Å²) in [6.07, 6.45) is 0.910. The molecule has 0 saturated heterocycles. The molecule has 1 unspecified atom stereocenters. The van der Waals surface area contributed by atoms with Crippen LogP contribution in [0.2, 0.25) is 0 Å². The second-order valence-corrected chi connectivity index (χ2v) is 9.16. The monoisotopic (exact) mass is 481 g/mol. The third kappa shape index (κ3) is 6.09. The molecule has 34 heavy (non-hydrogen) atoms. The Balaban J connectivity index is 1.27. The molecular weight excluding hydrogens is 453 g/mol. The van der Waals surface area contributed by atoms with E-state index in [2.05, 4.69) is 27.8 Å².